The van der Waals surface area contributed by atoms with Crippen molar-refractivity contribution in [1.29, 1.82) is 0 Å². The van der Waals surface area contributed by atoms with Gasteiger partial charge in [-0.25, -0.2) is 4.79 Å². The minimum atomic E-state index is -0.305. The normalized spacial score (nSPS) is 10.1. The Morgan fingerprint density at radius 1 is 1.05 bits per heavy atom. The lowest BCUT2D eigenvalue weighted by Crippen LogP contribution is -2.28. The zero-order valence-corrected chi connectivity index (χ0v) is 12.0. The minimum absolute atomic E-state index is 0.305. The number of nitrogen functional groups attached to an aromatic ring is 1. The number of anilines is 2. The molecule has 0 aliphatic rings. The quantitative estimate of drug-likeness (QED) is 0.753. The van der Waals surface area contributed by atoms with Crippen LogP contribution in [-0.4, -0.2) is 6.03 Å². The summed E-state index contributed by atoms with van der Waals surface area (Å²) in [7, 11) is 0. The Morgan fingerprint density at radius 3 is 2.40 bits per heavy atom. The van der Waals surface area contributed by atoms with Crippen LogP contribution in [0.1, 0.15) is 5.56 Å². The first kappa shape index (κ1) is 14.5. The molecule has 0 aliphatic carbocycles. The third-order valence-corrected chi connectivity index (χ3v) is 3.34. The predicted octanol–water partition coefficient (Wildman–Crippen LogP) is 3.90. The lowest BCUT2D eigenvalue weighted by atomic mass is 10.2. The standard InChI is InChI=1S/C14H13Cl2N3O/c15-12-6-1-9(7-13(12)16)8-18-14(20)19-11-4-2-10(17)3-5-11/h1-7H,8,17H2,(H2,18,19,20). The SMILES string of the molecule is Nc1ccc(NC(=O)NCc2ccc(Cl)c(Cl)c2)cc1. The highest BCUT2D eigenvalue weighted by Gasteiger charge is 2.03. The Morgan fingerprint density at radius 2 is 1.75 bits per heavy atom. The molecule has 4 nitrogen and oxygen atoms in total. The van der Waals surface area contributed by atoms with Crippen molar-refractivity contribution in [1.82, 2.24) is 5.32 Å². The topological polar surface area (TPSA) is 67.1 Å². The summed E-state index contributed by atoms with van der Waals surface area (Å²) >= 11 is 11.7. The van der Waals surface area contributed by atoms with Crippen LogP contribution in [0.4, 0.5) is 16.2 Å². The molecule has 0 atom stereocenters. The van der Waals surface area contributed by atoms with Crippen molar-refractivity contribution in [2.45, 2.75) is 6.54 Å². The van der Waals surface area contributed by atoms with Crippen molar-refractivity contribution < 1.29 is 4.79 Å². The fraction of sp³-hybridized carbons (Fsp3) is 0.0714. The highest BCUT2D eigenvalue weighted by atomic mass is 35.5. The number of amides is 2. The second-order valence-electron chi connectivity index (χ2n) is 4.18. The zero-order valence-electron chi connectivity index (χ0n) is 10.5. The van der Waals surface area contributed by atoms with Gasteiger partial charge < -0.3 is 16.4 Å². The van der Waals surface area contributed by atoms with E-state index in [9.17, 15) is 4.79 Å². The molecule has 0 unspecified atom stereocenters. The summed E-state index contributed by atoms with van der Waals surface area (Å²) in [6.45, 7) is 0.359. The second kappa shape index (κ2) is 6.50. The maximum Gasteiger partial charge on any atom is 0.319 e. The van der Waals surface area contributed by atoms with E-state index in [1.54, 1.807) is 42.5 Å². The fourth-order valence-electron chi connectivity index (χ4n) is 1.57. The van der Waals surface area contributed by atoms with Gasteiger partial charge in [0.2, 0.25) is 0 Å². The van der Waals surface area contributed by atoms with Gasteiger partial charge in [0.25, 0.3) is 0 Å². The van der Waals surface area contributed by atoms with Crippen molar-refractivity contribution >= 4 is 40.6 Å². The number of carbonyl (C=O) groups excluding carboxylic acids is 1. The monoisotopic (exact) mass is 309 g/mol. The zero-order chi connectivity index (χ0) is 14.5. The first-order valence-corrected chi connectivity index (χ1v) is 6.64. The first-order chi connectivity index (χ1) is 9.54. The molecule has 20 heavy (non-hydrogen) atoms. The van der Waals surface area contributed by atoms with Crippen LogP contribution >= 0.6 is 23.2 Å². The largest absolute Gasteiger partial charge is 0.399 e. The van der Waals surface area contributed by atoms with E-state index in [-0.39, 0.29) is 6.03 Å². The van der Waals surface area contributed by atoms with E-state index >= 15 is 0 Å². The van der Waals surface area contributed by atoms with E-state index in [0.717, 1.165) is 5.56 Å². The van der Waals surface area contributed by atoms with E-state index in [2.05, 4.69) is 10.6 Å². The summed E-state index contributed by atoms with van der Waals surface area (Å²) in [6, 6.07) is 11.8. The molecule has 0 fully saturated rings. The third kappa shape index (κ3) is 4.05. The highest BCUT2D eigenvalue weighted by Crippen LogP contribution is 2.22. The molecule has 6 heteroatoms. The third-order valence-electron chi connectivity index (χ3n) is 2.61. The lowest BCUT2D eigenvalue weighted by Gasteiger charge is -2.08. The molecule has 0 aromatic heterocycles. The number of urea groups is 1. The molecule has 0 spiro atoms. The summed E-state index contributed by atoms with van der Waals surface area (Å²) in [4.78, 5) is 11.7. The minimum Gasteiger partial charge on any atom is -0.399 e. The van der Waals surface area contributed by atoms with Crippen LogP contribution in [0, 0.1) is 0 Å². The van der Waals surface area contributed by atoms with Crippen molar-refractivity contribution in [3.05, 3.63) is 58.1 Å². The molecule has 2 aromatic carbocycles. The van der Waals surface area contributed by atoms with Gasteiger partial charge in [0.05, 0.1) is 10.0 Å². The summed E-state index contributed by atoms with van der Waals surface area (Å²) in [5.41, 5.74) is 7.75. The Kier molecular flexibility index (Phi) is 4.71. The molecule has 0 heterocycles. The van der Waals surface area contributed by atoms with Crippen LogP contribution in [0.3, 0.4) is 0 Å². The van der Waals surface area contributed by atoms with Crippen LogP contribution in [0.15, 0.2) is 42.5 Å². The van der Waals surface area contributed by atoms with Crippen molar-refractivity contribution in [2.75, 3.05) is 11.1 Å². The molecule has 0 saturated heterocycles. The van der Waals surface area contributed by atoms with Gasteiger partial charge in [0, 0.05) is 17.9 Å². The maximum absolute atomic E-state index is 11.7. The van der Waals surface area contributed by atoms with Crippen LogP contribution in [-0.2, 0) is 6.54 Å². The maximum atomic E-state index is 11.7. The van der Waals surface area contributed by atoms with Gasteiger partial charge in [-0.2, -0.15) is 0 Å². The summed E-state index contributed by atoms with van der Waals surface area (Å²) < 4.78 is 0. The van der Waals surface area contributed by atoms with E-state index in [1.807, 2.05) is 0 Å². The van der Waals surface area contributed by atoms with Gasteiger partial charge in [-0.15, -0.1) is 0 Å². The van der Waals surface area contributed by atoms with E-state index < -0.39 is 0 Å². The molecule has 2 rings (SSSR count). The molecular formula is C14H13Cl2N3O. The van der Waals surface area contributed by atoms with Crippen LogP contribution in [0.5, 0.6) is 0 Å². The smallest absolute Gasteiger partial charge is 0.319 e. The number of carbonyl (C=O) groups is 1. The molecule has 2 amide bonds. The Labute approximate surface area is 126 Å². The van der Waals surface area contributed by atoms with Gasteiger partial charge in [-0.05, 0) is 42.0 Å². The second-order valence-corrected chi connectivity index (χ2v) is 4.99. The number of benzene rings is 2. The summed E-state index contributed by atoms with van der Waals surface area (Å²) in [5, 5.41) is 6.38. The number of nitrogens with one attached hydrogen (secondary N) is 2. The highest BCUT2D eigenvalue weighted by molar-refractivity contribution is 6.42. The number of halogens is 2. The van der Waals surface area contributed by atoms with E-state index in [0.29, 0.717) is 28.0 Å². The van der Waals surface area contributed by atoms with Crippen molar-refractivity contribution in [3.8, 4) is 0 Å². The molecule has 0 saturated carbocycles. The molecule has 4 N–H and O–H groups in total. The van der Waals surface area contributed by atoms with Gasteiger partial charge in [0.15, 0.2) is 0 Å². The average Bonchev–Trinajstić information content (AvgIpc) is 2.43. The van der Waals surface area contributed by atoms with Crippen LogP contribution in [0.2, 0.25) is 10.0 Å². The molecular weight excluding hydrogens is 297 g/mol. The van der Waals surface area contributed by atoms with Crippen LogP contribution in [0.25, 0.3) is 0 Å². The lowest BCUT2D eigenvalue weighted by molar-refractivity contribution is 0.251. The van der Waals surface area contributed by atoms with Gasteiger partial charge in [-0.3, -0.25) is 0 Å². The molecule has 2 aromatic rings. The predicted molar refractivity (Wildman–Crippen MR) is 83.2 cm³/mol. The molecule has 0 aliphatic heterocycles. The average molecular weight is 310 g/mol. The first-order valence-electron chi connectivity index (χ1n) is 5.89. The number of nitrogens with two attached hydrogens (primary N) is 1. The molecule has 0 radical (unpaired) electrons. The van der Waals surface area contributed by atoms with Gasteiger partial charge >= 0.3 is 6.03 Å². The Balaban J connectivity index is 1.88. The molecule has 104 valence electrons. The summed E-state index contributed by atoms with van der Waals surface area (Å²) in [6.07, 6.45) is 0. The van der Waals surface area contributed by atoms with Gasteiger partial charge in [0.1, 0.15) is 0 Å². The fourth-order valence-corrected chi connectivity index (χ4v) is 1.89. The van der Waals surface area contributed by atoms with Gasteiger partial charge in [-0.1, -0.05) is 29.3 Å². The van der Waals surface area contributed by atoms with E-state index in [1.165, 1.54) is 0 Å². The van der Waals surface area contributed by atoms with Crippen molar-refractivity contribution in [2.24, 2.45) is 0 Å². The van der Waals surface area contributed by atoms with E-state index in [4.69, 9.17) is 28.9 Å². The number of rotatable bonds is 3. The number of hydrogen-bond donors (Lipinski definition) is 3. The van der Waals surface area contributed by atoms with Crippen molar-refractivity contribution in [3.63, 3.8) is 0 Å². The molecule has 0 bridgehead atoms. The summed E-state index contributed by atoms with van der Waals surface area (Å²) in [5.74, 6) is 0. The van der Waals surface area contributed by atoms with Crippen LogP contribution < -0.4 is 16.4 Å². The number of hydrogen-bond acceptors (Lipinski definition) is 2. The Bertz CT molecular complexity index is 614. The Hall–Kier alpha value is -1.91.